The number of ether oxygens (including phenoxy) is 2. The molecule has 11 heteroatoms. The van der Waals surface area contributed by atoms with E-state index in [4.69, 9.17) is 9.47 Å². The van der Waals surface area contributed by atoms with E-state index in [1.807, 2.05) is 0 Å². The van der Waals surface area contributed by atoms with Gasteiger partial charge in [0.2, 0.25) is 0 Å². The first-order valence-corrected chi connectivity index (χ1v) is 8.80. The number of halogens is 3. The molecule has 0 N–H and O–H groups in total. The highest BCUT2D eigenvalue weighted by atomic mass is 19.4. The van der Waals surface area contributed by atoms with Gasteiger partial charge in [0.05, 0.1) is 24.0 Å². The number of imidazole rings is 1. The first-order valence-electron chi connectivity index (χ1n) is 8.80. The number of nitro groups is 1. The van der Waals surface area contributed by atoms with E-state index in [-0.39, 0.29) is 18.4 Å². The van der Waals surface area contributed by atoms with Crippen LogP contribution in [0, 0.1) is 10.1 Å². The van der Waals surface area contributed by atoms with Gasteiger partial charge >= 0.3 is 18.0 Å². The zero-order chi connectivity index (χ0) is 21.5. The fraction of sp³-hybridized carbons (Fsp3) is 0.263. The molecule has 2 aromatic heterocycles. The minimum Gasteiger partial charge on any atom is -0.488 e. The van der Waals surface area contributed by atoms with E-state index in [1.54, 1.807) is 23.6 Å². The summed E-state index contributed by atoms with van der Waals surface area (Å²) in [5.74, 6) is 0.169. The summed E-state index contributed by atoms with van der Waals surface area (Å²) in [6, 6.07) is 8.19. The van der Waals surface area contributed by atoms with Crippen LogP contribution in [0.25, 0.3) is 11.3 Å². The predicted molar refractivity (Wildman–Crippen MR) is 98.1 cm³/mol. The van der Waals surface area contributed by atoms with Crippen molar-refractivity contribution in [3.8, 4) is 23.0 Å². The lowest BCUT2D eigenvalue weighted by Gasteiger charge is -2.22. The maximum atomic E-state index is 12.7. The van der Waals surface area contributed by atoms with E-state index in [0.717, 1.165) is 12.1 Å². The Morgan fingerprint density at radius 2 is 2.00 bits per heavy atom. The Balaban J connectivity index is 1.38. The number of aromatic nitrogens is 3. The monoisotopic (exact) mass is 420 g/mol. The fourth-order valence-corrected chi connectivity index (χ4v) is 3.06. The predicted octanol–water partition coefficient (Wildman–Crippen LogP) is 4.10. The Kier molecular flexibility index (Phi) is 4.60. The number of alkyl halides is 3. The van der Waals surface area contributed by atoms with Crippen molar-refractivity contribution >= 4 is 5.82 Å². The molecule has 3 heterocycles. The lowest BCUT2D eigenvalue weighted by molar-refractivity contribution is -0.389. The molecule has 3 aromatic rings. The van der Waals surface area contributed by atoms with Crippen molar-refractivity contribution in [2.75, 3.05) is 6.61 Å². The Morgan fingerprint density at radius 3 is 2.57 bits per heavy atom. The van der Waals surface area contributed by atoms with Crippen LogP contribution < -0.4 is 9.47 Å². The summed E-state index contributed by atoms with van der Waals surface area (Å²) in [5.41, 5.74) is -0.426. The molecule has 0 spiro atoms. The lowest BCUT2D eigenvalue weighted by Crippen LogP contribution is -2.38. The number of hydrogen-bond donors (Lipinski definition) is 0. The summed E-state index contributed by atoms with van der Waals surface area (Å²) in [6.45, 7) is 2.27. The molecule has 0 bridgehead atoms. The third kappa shape index (κ3) is 3.91. The van der Waals surface area contributed by atoms with Crippen LogP contribution in [0.3, 0.4) is 0 Å². The molecule has 1 unspecified atom stereocenters. The van der Waals surface area contributed by atoms with Crippen LogP contribution in [0.2, 0.25) is 0 Å². The molecule has 0 radical (unpaired) electrons. The van der Waals surface area contributed by atoms with Gasteiger partial charge in [-0.15, -0.1) is 0 Å². The van der Waals surface area contributed by atoms with Gasteiger partial charge in [-0.3, -0.25) is 9.55 Å². The Labute approximate surface area is 168 Å². The smallest absolute Gasteiger partial charge is 0.416 e. The number of pyridine rings is 1. The minimum atomic E-state index is -4.39. The number of rotatable bonds is 5. The third-order valence-corrected chi connectivity index (χ3v) is 4.55. The Morgan fingerprint density at radius 1 is 1.27 bits per heavy atom. The van der Waals surface area contributed by atoms with Crippen LogP contribution in [-0.4, -0.2) is 31.7 Å². The van der Waals surface area contributed by atoms with Gasteiger partial charge in [-0.05, 0) is 36.1 Å². The van der Waals surface area contributed by atoms with Crippen molar-refractivity contribution in [2.24, 2.45) is 0 Å². The molecular weight excluding hydrogens is 405 g/mol. The third-order valence-electron chi connectivity index (χ3n) is 4.55. The van der Waals surface area contributed by atoms with Crippen LogP contribution in [0.5, 0.6) is 11.8 Å². The molecule has 156 valence electrons. The fourth-order valence-electron chi connectivity index (χ4n) is 3.06. The summed E-state index contributed by atoms with van der Waals surface area (Å²) in [5, 5.41) is 10.8. The second-order valence-electron chi connectivity index (χ2n) is 7.06. The van der Waals surface area contributed by atoms with Gasteiger partial charge in [-0.2, -0.15) is 13.2 Å². The first-order chi connectivity index (χ1) is 14.1. The maximum absolute atomic E-state index is 12.7. The van der Waals surface area contributed by atoms with Gasteiger partial charge < -0.3 is 19.6 Å². The van der Waals surface area contributed by atoms with Crippen molar-refractivity contribution in [1.82, 2.24) is 14.5 Å². The highest BCUT2D eigenvalue weighted by Crippen LogP contribution is 2.32. The quantitative estimate of drug-likeness (QED) is 0.456. The van der Waals surface area contributed by atoms with E-state index < -0.39 is 22.3 Å². The largest absolute Gasteiger partial charge is 0.488 e. The van der Waals surface area contributed by atoms with Gasteiger partial charge in [-0.1, -0.05) is 12.1 Å². The molecule has 8 nitrogen and oxygen atoms in total. The number of nitrogens with zero attached hydrogens (tertiary/aromatic N) is 4. The van der Waals surface area contributed by atoms with Crippen LogP contribution in [-0.2, 0) is 12.7 Å². The molecule has 0 saturated heterocycles. The normalized spacial score (nSPS) is 18.0. The van der Waals surface area contributed by atoms with E-state index in [9.17, 15) is 23.3 Å². The van der Waals surface area contributed by atoms with Crippen molar-refractivity contribution in [2.45, 2.75) is 25.2 Å². The summed E-state index contributed by atoms with van der Waals surface area (Å²) < 4.78 is 50.9. The summed E-state index contributed by atoms with van der Waals surface area (Å²) in [4.78, 5) is 18.2. The van der Waals surface area contributed by atoms with Gasteiger partial charge in [-0.25, -0.2) is 0 Å². The second-order valence-corrected chi connectivity index (χ2v) is 7.06. The zero-order valence-corrected chi connectivity index (χ0v) is 15.6. The average Bonchev–Trinajstić information content (AvgIpc) is 3.22. The summed E-state index contributed by atoms with van der Waals surface area (Å²) >= 11 is 0. The van der Waals surface area contributed by atoms with Gasteiger partial charge in [0.1, 0.15) is 18.6 Å². The molecular formula is C19H15F3N4O4. The molecule has 4 rings (SSSR count). The van der Waals surface area contributed by atoms with E-state index in [1.165, 1.54) is 24.5 Å². The number of benzene rings is 1. The zero-order valence-electron chi connectivity index (χ0n) is 15.6. The topological polar surface area (TPSA) is 92.3 Å². The molecule has 1 aliphatic heterocycles. The van der Waals surface area contributed by atoms with E-state index in [2.05, 4.69) is 9.97 Å². The molecule has 0 aliphatic carbocycles. The SMILES string of the molecule is CC1(COc2ccc(-c3ccc(C(F)(F)F)cc3)nc2)Cn2cc([N+](=O)[O-])nc2O1. The average molecular weight is 420 g/mol. The van der Waals surface area contributed by atoms with Crippen LogP contribution in [0.1, 0.15) is 12.5 Å². The van der Waals surface area contributed by atoms with Gasteiger partial charge in [0.25, 0.3) is 0 Å². The van der Waals surface area contributed by atoms with Gasteiger partial charge in [0.15, 0.2) is 5.60 Å². The maximum Gasteiger partial charge on any atom is 0.416 e. The number of fused-ring (bicyclic) bond motifs is 1. The molecule has 0 saturated carbocycles. The van der Waals surface area contributed by atoms with Crippen LogP contribution >= 0.6 is 0 Å². The first kappa shape index (κ1) is 19.7. The van der Waals surface area contributed by atoms with Crippen LogP contribution in [0.15, 0.2) is 48.8 Å². The molecule has 1 aliphatic rings. The molecule has 0 fully saturated rings. The van der Waals surface area contributed by atoms with Crippen molar-refractivity contribution < 1.29 is 27.6 Å². The highest BCUT2D eigenvalue weighted by molar-refractivity contribution is 5.59. The minimum absolute atomic E-state index is 0.144. The highest BCUT2D eigenvalue weighted by Gasteiger charge is 2.41. The second kappa shape index (κ2) is 7.01. The standard InChI is InChI=1S/C19H15F3N4O4/c1-18(10-25-9-16(26(27)28)24-17(25)30-18)11-29-14-6-7-15(23-8-14)12-2-4-13(5-3-12)19(20,21)22/h2-9H,10-11H2,1H3. The van der Waals surface area contributed by atoms with E-state index in [0.29, 0.717) is 23.6 Å². The molecule has 1 aromatic carbocycles. The summed E-state index contributed by atoms with van der Waals surface area (Å²) in [6.07, 6.45) is -1.61. The number of hydrogen-bond acceptors (Lipinski definition) is 6. The summed E-state index contributed by atoms with van der Waals surface area (Å²) in [7, 11) is 0. The van der Waals surface area contributed by atoms with Gasteiger partial charge in [0, 0.05) is 10.5 Å². The van der Waals surface area contributed by atoms with E-state index >= 15 is 0 Å². The Hall–Kier alpha value is -3.63. The van der Waals surface area contributed by atoms with Crippen LogP contribution in [0.4, 0.5) is 19.0 Å². The molecule has 0 amide bonds. The van der Waals surface area contributed by atoms with Crippen molar-refractivity contribution in [1.29, 1.82) is 0 Å². The van der Waals surface area contributed by atoms with Crippen molar-refractivity contribution in [3.63, 3.8) is 0 Å². The Bertz CT molecular complexity index is 1060. The molecule has 30 heavy (non-hydrogen) atoms. The lowest BCUT2D eigenvalue weighted by atomic mass is 10.1. The van der Waals surface area contributed by atoms with Crippen molar-refractivity contribution in [3.05, 3.63) is 64.5 Å². The molecule has 1 atom stereocenters.